The molecule has 1 aromatic carbocycles. The molecule has 2 N–H and O–H groups in total. The van der Waals surface area contributed by atoms with Crippen molar-refractivity contribution < 1.29 is 0 Å². The molecule has 0 spiro atoms. The lowest BCUT2D eigenvalue weighted by Crippen LogP contribution is -2.12. The van der Waals surface area contributed by atoms with E-state index in [0.29, 0.717) is 11.8 Å². The van der Waals surface area contributed by atoms with Gasteiger partial charge in [0.05, 0.1) is 12.7 Å². The number of fused-ring (bicyclic) bond motifs is 1. The molecule has 2 heterocycles. The minimum absolute atomic E-state index is 0.605. The summed E-state index contributed by atoms with van der Waals surface area (Å²) < 4.78 is 2.05. The van der Waals surface area contributed by atoms with Crippen molar-refractivity contribution in [1.29, 1.82) is 0 Å². The molecule has 0 radical (unpaired) electrons. The van der Waals surface area contributed by atoms with Crippen LogP contribution in [0.25, 0.3) is 0 Å². The van der Waals surface area contributed by atoms with E-state index >= 15 is 0 Å². The Morgan fingerprint density at radius 1 is 1.39 bits per heavy atom. The van der Waals surface area contributed by atoms with Crippen molar-refractivity contribution in [2.75, 3.05) is 6.54 Å². The summed E-state index contributed by atoms with van der Waals surface area (Å²) in [6, 6.07) is 8.67. The maximum Gasteiger partial charge on any atom is 0.0534 e. The third kappa shape index (κ3) is 2.44. The van der Waals surface area contributed by atoms with Gasteiger partial charge in [-0.3, -0.25) is 4.68 Å². The summed E-state index contributed by atoms with van der Waals surface area (Å²) in [6.45, 7) is 1.67. The number of nitrogens with two attached hydrogens (primary N) is 1. The van der Waals surface area contributed by atoms with Gasteiger partial charge in [0, 0.05) is 16.3 Å². The Morgan fingerprint density at radius 3 is 3.11 bits per heavy atom. The van der Waals surface area contributed by atoms with E-state index in [4.69, 9.17) is 5.73 Å². The van der Waals surface area contributed by atoms with Gasteiger partial charge in [-0.2, -0.15) is 5.10 Å². The van der Waals surface area contributed by atoms with Crippen molar-refractivity contribution in [3.05, 3.63) is 47.8 Å². The van der Waals surface area contributed by atoms with Crippen LogP contribution in [0.5, 0.6) is 0 Å². The lowest BCUT2D eigenvalue weighted by Gasteiger charge is -2.07. The van der Waals surface area contributed by atoms with E-state index in [1.807, 2.05) is 18.0 Å². The van der Waals surface area contributed by atoms with Gasteiger partial charge in [0.25, 0.3) is 0 Å². The van der Waals surface area contributed by atoms with Crippen LogP contribution in [-0.4, -0.2) is 21.6 Å². The zero-order valence-corrected chi connectivity index (χ0v) is 11.1. The summed E-state index contributed by atoms with van der Waals surface area (Å²) in [6.07, 6.45) is 6.11. The average molecular weight is 259 g/mol. The fourth-order valence-electron chi connectivity index (χ4n) is 2.37. The van der Waals surface area contributed by atoms with E-state index < -0.39 is 0 Å². The molecule has 0 bridgehead atoms. The Labute approximate surface area is 111 Å². The first-order chi connectivity index (χ1) is 8.85. The maximum atomic E-state index is 5.55. The highest BCUT2D eigenvalue weighted by molar-refractivity contribution is 8.00. The van der Waals surface area contributed by atoms with Crippen LogP contribution < -0.4 is 5.73 Å². The number of hydrogen-bond acceptors (Lipinski definition) is 3. The highest BCUT2D eigenvalue weighted by Crippen LogP contribution is 2.37. The van der Waals surface area contributed by atoms with E-state index in [-0.39, 0.29) is 0 Å². The Balaban J connectivity index is 1.65. The molecular weight excluding hydrogens is 242 g/mol. The molecule has 0 saturated heterocycles. The Kier molecular flexibility index (Phi) is 3.39. The van der Waals surface area contributed by atoms with Crippen LogP contribution in [0, 0.1) is 0 Å². The van der Waals surface area contributed by atoms with Crippen molar-refractivity contribution >= 4 is 11.8 Å². The lowest BCUT2D eigenvalue weighted by atomic mass is 10.1. The van der Waals surface area contributed by atoms with Crippen LogP contribution in [0.3, 0.4) is 0 Å². The fraction of sp³-hybridized carbons (Fsp3) is 0.357. The first-order valence-electron chi connectivity index (χ1n) is 6.31. The maximum absolute atomic E-state index is 5.55. The Hall–Kier alpha value is -1.26. The molecule has 0 fully saturated rings. The van der Waals surface area contributed by atoms with Gasteiger partial charge < -0.3 is 5.73 Å². The van der Waals surface area contributed by atoms with E-state index in [0.717, 1.165) is 19.4 Å². The molecule has 1 aromatic heterocycles. The molecule has 3 nitrogen and oxygen atoms in total. The van der Waals surface area contributed by atoms with Crippen LogP contribution in [0.1, 0.15) is 11.1 Å². The van der Waals surface area contributed by atoms with Crippen LogP contribution in [0.15, 0.2) is 41.6 Å². The van der Waals surface area contributed by atoms with Crippen LogP contribution in [0.2, 0.25) is 0 Å². The first-order valence-corrected chi connectivity index (χ1v) is 7.19. The van der Waals surface area contributed by atoms with Crippen molar-refractivity contribution in [3.8, 4) is 0 Å². The summed E-state index contributed by atoms with van der Waals surface area (Å²) in [4.78, 5) is 1.43. The third-order valence-electron chi connectivity index (χ3n) is 3.22. The van der Waals surface area contributed by atoms with Gasteiger partial charge in [-0.1, -0.05) is 18.2 Å². The molecule has 1 aliphatic heterocycles. The van der Waals surface area contributed by atoms with Crippen molar-refractivity contribution in [2.45, 2.75) is 29.5 Å². The second kappa shape index (κ2) is 5.16. The number of thioether (sulfide) groups is 1. The first kappa shape index (κ1) is 11.8. The lowest BCUT2D eigenvalue weighted by molar-refractivity contribution is 0.594. The van der Waals surface area contributed by atoms with Crippen LogP contribution >= 0.6 is 11.8 Å². The smallest absolute Gasteiger partial charge is 0.0534 e. The van der Waals surface area contributed by atoms with Gasteiger partial charge in [0.2, 0.25) is 0 Å². The summed E-state index contributed by atoms with van der Waals surface area (Å²) in [5.74, 6) is 0. The quantitative estimate of drug-likeness (QED) is 0.914. The molecule has 0 saturated carbocycles. The highest BCUT2D eigenvalue weighted by atomic mass is 32.2. The minimum Gasteiger partial charge on any atom is -0.330 e. The largest absolute Gasteiger partial charge is 0.330 e. The van der Waals surface area contributed by atoms with Gasteiger partial charge >= 0.3 is 0 Å². The molecule has 94 valence electrons. The number of hydrogen-bond donors (Lipinski definition) is 1. The summed E-state index contributed by atoms with van der Waals surface area (Å²) in [7, 11) is 0. The predicted octanol–water partition coefficient (Wildman–Crippen LogP) is 2.10. The molecule has 1 aliphatic rings. The normalized spacial score (nSPS) is 17.9. The monoisotopic (exact) mass is 259 g/mol. The van der Waals surface area contributed by atoms with E-state index in [9.17, 15) is 0 Å². The molecule has 1 unspecified atom stereocenters. The molecule has 0 aliphatic carbocycles. The van der Waals surface area contributed by atoms with Crippen molar-refractivity contribution in [2.24, 2.45) is 5.73 Å². The van der Waals surface area contributed by atoms with Crippen molar-refractivity contribution in [3.63, 3.8) is 0 Å². The Morgan fingerprint density at radius 2 is 2.28 bits per heavy atom. The zero-order valence-electron chi connectivity index (χ0n) is 10.2. The van der Waals surface area contributed by atoms with Gasteiger partial charge in [-0.15, -0.1) is 11.8 Å². The molecule has 4 heteroatoms. The standard InChI is InChI=1S/C14H17N3S/c15-6-5-11-8-16-17(9-11)10-13-7-12-3-1-2-4-14(12)18-13/h1-4,8-9,13H,5-7,10,15H2. The number of benzene rings is 1. The second-order valence-corrected chi connectivity index (χ2v) is 6.00. The van der Waals surface area contributed by atoms with Crippen LogP contribution in [0.4, 0.5) is 0 Å². The number of nitrogens with zero attached hydrogens (tertiary/aromatic N) is 2. The highest BCUT2D eigenvalue weighted by Gasteiger charge is 2.22. The number of rotatable bonds is 4. The van der Waals surface area contributed by atoms with Gasteiger partial charge in [0.1, 0.15) is 0 Å². The van der Waals surface area contributed by atoms with Gasteiger partial charge in [0.15, 0.2) is 0 Å². The van der Waals surface area contributed by atoms with Gasteiger partial charge in [-0.05, 0) is 36.6 Å². The third-order valence-corrected chi connectivity index (χ3v) is 4.53. The fourth-order valence-corrected chi connectivity index (χ4v) is 3.68. The summed E-state index contributed by atoms with van der Waals surface area (Å²) in [5.41, 5.74) is 8.26. The van der Waals surface area contributed by atoms with E-state index in [1.54, 1.807) is 0 Å². The predicted molar refractivity (Wildman–Crippen MR) is 74.8 cm³/mol. The minimum atomic E-state index is 0.605. The van der Waals surface area contributed by atoms with Crippen molar-refractivity contribution in [1.82, 2.24) is 9.78 Å². The molecule has 1 atom stereocenters. The molecular formula is C14H17N3S. The topological polar surface area (TPSA) is 43.8 Å². The number of aromatic nitrogens is 2. The zero-order chi connectivity index (χ0) is 12.4. The average Bonchev–Trinajstić information content (AvgIpc) is 2.96. The molecule has 3 rings (SSSR count). The van der Waals surface area contributed by atoms with Gasteiger partial charge in [-0.25, -0.2) is 0 Å². The summed E-state index contributed by atoms with van der Waals surface area (Å²) in [5, 5.41) is 5.01. The molecule has 0 amide bonds. The van der Waals surface area contributed by atoms with Crippen LogP contribution in [-0.2, 0) is 19.4 Å². The Bertz CT molecular complexity index is 510. The molecule has 18 heavy (non-hydrogen) atoms. The van der Waals surface area contributed by atoms with E-state index in [2.05, 4.69) is 40.2 Å². The second-order valence-electron chi connectivity index (χ2n) is 4.66. The molecule has 2 aromatic rings. The SMILES string of the molecule is NCCc1cnn(CC2Cc3ccccc3S2)c1. The summed E-state index contributed by atoms with van der Waals surface area (Å²) >= 11 is 1.97. The van der Waals surface area contributed by atoms with E-state index in [1.165, 1.54) is 16.0 Å².